The summed E-state index contributed by atoms with van der Waals surface area (Å²) in [6.45, 7) is 1.19. The van der Waals surface area contributed by atoms with Gasteiger partial charge in [0.05, 0.1) is 5.02 Å². The molecule has 0 saturated carbocycles. The number of piperidine rings is 1. The molecule has 1 amide bonds. The minimum atomic E-state index is -0.0579. The molecule has 1 N–H and O–H groups in total. The summed E-state index contributed by atoms with van der Waals surface area (Å²) in [6, 6.07) is 11.0. The maximum atomic E-state index is 12.4. The number of aromatic nitrogens is 1. The number of ketones is 1. The fraction of sp³-hybridized carbons (Fsp3) is 0.294. The van der Waals surface area contributed by atoms with Crippen LogP contribution in [0.4, 0.5) is 0 Å². The van der Waals surface area contributed by atoms with Gasteiger partial charge in [0.15, 0.2) is 5.78 Å². The Morgan fingerprint density at radius 1 is 1.14 bits per heavy atom. The minimum Gasteiger partial charge on any atom is -0.356 e. The van der Waals surface area contributed by atoms with E-state index in [2.05, 4.69) is 4.98 Å². The number of rotatable bonds is 3. The van der Waals surface area contributed by atoms with E-state index >= 15 is 0 Å². The van der Waals surface area contributed by atoms with Crippen molar-refractivity contribution in [1.29, 1.82) is 0 Å². The highest BCUT2D eigenvalue weighted by atomic mass is 35.5. The number of H-pyrrole nitrogens is 1. The summed E-state index contributed by atoms with van der Waals surface area (Å²) in [5.41, 5.74) is 1.25. The highest BCUT2D eigenvalue weighted by molar-refractivity contribution is 6.30. The second kappa shape index (κ2) is 6.36. The summed E-state index contributed by atoms with van der Waals surface area (Å²) < 4.78 is 0. The Hall–Kier alpha value is -2.07. The van der Waals surface area contributed by atoms with E-state index in [1.165, 1.54) is 0 Å². The summed E-state index contributed by atoms with van der Waals surface area (Å²) in [5.74, 6) is 0.117. The Morgan fingerprint density at radius 3 is 2.41 bits per heavy atom. The molecule has 0 unspecified atom stereocenters. The van der Waals surface area contributed by atoms with E-state index in [0.29, 0.717) is 36.6 Å². The van der Waals surface area contributed by atoms with Gasteiger partial charge in [-0.25, -0.2) is 0 Å². The molecule has 0 aliphatic carbocycles. The molecule has 2 aromatic rings. The molecule has 0 atom stereocenters. The van der Waals surface area contributed by atoms with Crippen molar-refractivity contribution in [3.8, 4) is 0 Å². The summed E-state index contributed by atoms with van der Waals surface area (Å²) in [5, 5.41) is 0.525. The van der Waals surface area contributed by atoms with Gasteiger partial charge in [0.1, 0.15) is 5.69 Å². The maximum Gasteiger partial charge on any atom is 0.270 e. The van der Waals surface area contributed by atoms with Crippen LogP contribution in [0.2, 0.25) is 5.02 Å². The SMILES string of the molecule is O=C(c1ccccc1)C1CCN(C(=O)c2cc(Cl)c[nH]2)CC1. The molecule has 0 bridgehead atoms. The van der Waals surface area contributed by atoms with Crippen molar-refractivity contribution in [2.24, 2.45) is 5.92 Å². The Morgan fingerprint density at radius 2 is 1.82 bits per heavy atom. The van der Waals surface area contributed by atoms with E-state index in [0.717, 1.165) is 5.56 Å². The molecule has 1 aliphatic heterocycles. The number of nitrogens with one attached hydrogen (secondary N) is 1. The molecule has 3 rings (SSSR count). The van der Waals surface area contributed by atoms with Gasteiger partial charge in [-0.15, -0.1) is 0 Å². The topological polar surface area (TPSA) is 53.2 Å². The number of hydrogen-bond donors (Lipinski definition) is 1. The molecule has 1 aromatic heterocycles. The average molecular weight is 317 g/mol. The molecule has 1 fully saturated rings. The van der Waals surface area contributed by atoms with E-state index in [1.807, 2.05) is 30.3 Å². The van der Waals surface area contributed by atoms with Gasteiger partial charge < -0.3 is 9.88 Å². The fourth-order valence-corrected chi connectivity index (χ4v) is 3.01. The third kappa shape index (κ3) is 3.07. The van der Waals surface area contributed by atoms with Crippen molar-refractivity contribution in [3.05, 3.63) is 58.9 Å². The van der Waals surface area contributed by atoms with Gasteiger partial charge in [-0.2, -0.15) is 0 Å². The first-order valence-corrected chi connectivity index (χ1v) is 7.75. The first-order valence-electron chi connectivity index (χ1n) is 7.37. The molecular weight excluding hydrogens is 300 g/mol. The second-order valence-corrected chi connectivity index (χ2v) is 5.96. The zero-order valence-electron chi connectivity index (χ0n) is 12.1. The first kappa shape index (κ1) is 14.9. The third-order valence-electron chi connectivity index (χ3n) is 4.09. The van der Waals surface area contributed by atoms with Crippen molar-refractivity contribution >= 4 is 23.3 Å². The van der Waals surface area contributed by atoms with Crippen LogP contribution in [0, 0.1) is 5.92 Å². The number of carbonyl (C=O) groups is 2. The van der Waals surface area contributed by atoms with Crippen molar-refractivity contribution < 1.29 is 9.59 Å². The molecule has 0 spiro atoms. The van der Waals surface area contributed by atoms with Gasteiger partial charge in [-0.05, 0) is 18.9 Å². The molecule has 1 aliphatic rings. The lowest BCUT2D eigenvalue weighted by atomic mass is 9.89. The number of carbonyl (C=O) groups excluding carboxylic acids is 2. The Balaban J connectivity index is 1.61. The molecule has 4 nitrogen and oxygen atoms in total. The lowest BCUT2D eigenvalue weighted by Gasteiger charge is -2.31. The largest absolute Gasteiger partial charge is 0.356 e. The number of hydrogen-bond acceptors (Lipinski definition) is 2. The van der Waals surface area contributed by atoms with Crippen molar-refractivity contribution in [2.45, 2.75) is 12.8 Å². The molecular formula is C17H17ClN2O2. The Kier molecular flexibility index (Phi) is 4.29. The zero-order valence-corrected chi connectivity index (χ0v) is 12.8. The average Bonchev–Trinajstić information content (AvgIpc) is 3.01. The maximum absolute atomic E-state index is 12.4. The Bertz CT molecular complexity index is 673. The van der Waals surface area contributed by atoms with E-state index in [1.54, 1.807) is 17.2 Å². The van der Waals surface area contributed by atoms with Gasteiger partial charge in [-0.1, -0.05) is 41.9 Å². The quantitative estimate of drug-likeness (QED) is 0.882. The number of amides is 1. The molecule has 1 saturated heterocycles. The van der Waals surface area contributed by atoms with Gasteiger partial charge >= 0.3 is 0 Å². The van der Waals surface area contributed by atoms with Crippen LogP contribution in [0.1, 0.15) is 33.7 Å². The number of Topliss-reactive ketones (excluding diaryl/α,β-unsaturated/α-hetero) is 1. The number of nitrogens with zero attached hydrogens (tertiary/aromatic N) is 1. The molecule has 5 heteroatoms. The van der Waals surface area contributed by atoms with Gasteiger partial charge in [0.2, 0.25) is 0 Å². The van der Waals surface area contributed by atoms with E-state index in [9.17, 15) is 9.59 Å². The number of likely N-dealkylation sites (tertiary alicyclic amines) is 1. The highest BCUT2D eigenvalue weighted by Crippen LogP contribution is 2.23. The minimum absolute atomic E-state index is 0.00122. The van der Waals surface area contributed by atoms with Crippen LogP contribution in [-0.4, -0.2) is 34.7 Å². The van der Waals surface area contributed by atoms with Crippen LogP contribution >= 0.6 is 11.6 Å². The predicted octanol–water partition coefficient (Wildman–Crippen LogP) is 3.40. The zero-order chi connectivity index (χ0) is 15.5. The molecule has 1 aromatic carbocycles. The van der Waals surface area contributed by atoms with Crippen molar-refractivity contribution in [2.75, 3.05) is 13.1 Å². The smallest absolute Gasteiger partial charge is 0.270 e. The third-order valence-corrected chi connectivity index (χ3v) is 4.31. The van der Waals surface area contributed by atoms with Crippen LogP contribution in [0.15, 0.2) is 42.6 Å². The van der Waals surface area contributed by atoms with Crippen molar-refractivity contribution in [3.63, 3.8) is 0 Å². The lowest BCUT2D eigenvalue weighted by Crippen LogP contribution is -2.40. The predicted molar refractivity (Wildman–Crippen MR) is 85.2 cm³/mol. The number of halogens is 1. The summed E-state index contributed by atoms with van der Waals surface area (Å²) in [6.07, 6.45) is 3.00. The number of benzene rings is 1. The van der Waals surface area contributed by atoms with Crippen LogP contribution in [-0.2, 0) is 0 Å². The van der Waals surface area contributed by atoms with Gasteiger partial charge in [0, 0.05) is 30.8 Å². The normalized spacial score (nSPS) is 15.8. The molecule has 114 valence electrons. The summed E-state index contributed by atoms with van der Waals surface area (Å²) in [7, 11) is 0. The number of aromatic amines is 1. The second-order valence-electron chi connectivity index (χ2n) is 5.53. The lowest BCUT2D eigenvalue weighted by molar-refractivity contribution is 0.0646. The standard InChI is InChI=1S/C17H17ClN2O2/c18-14-10-15(19-11-14)17(22)20-8-6-13(7-9-20)16(21)12-4-2-1-3-5-12/h1-5,10-11,13,19H,6-9H2. The van der Waals surface area contributed by atoms with E-state index < -0.39 is 0 Å². The Labute approximate surface area is 134 Å². The van der Waals surface area contributed by atoms with E-state index in [4.69, 9.17) is 11.6 Å². The summed E-state index contributed by atoms with van der Waals surface area (Å²) in [4.78, 5) is 29.4. The van der Waals surface area contributed by atoms with Crippen molar-refractivity contribution in [1.82, 2.24) is 9.88 Å². The van der Waals surface area contributed by atoms with E-state index in [-0.39, 0.29) is 17.6 Å². The van der Waals surface area contributed by atoms with Crippen LogP contribution < -0.4 is 0 Å². The first-order chi connectivity index (χ1) is 10.6. The summed E-state index contributed by atoms with van der Waals surface area (Å²) >= 11 is 5.83. The van der Waals surface area contributed by atoms with Crippen LogP contribution in [0.25, 0.3) is 0 Å². The molecule has 2 heterocycles. The van der Waals surface area contributed by atoms with Gasteiger partial charge in [-0.3, -0.25) is 9.59 Å². The molecule has 22 heavy (non-hydrogen) atoms. The molecule has 0 radical (unpaired) electrons. The monoisotopic (exact) mass is 316 g/mol. The highest BCUT2D eigenvalue weighted by Gasteiger charge is 2.28. The fourth-order valence-electron chi connectivity index (χ4n) is 2.84. The van der Waals surface area contributed by atoms with Crippen LogP contribution in [0.3, 0.4) is 0 Å². The van der Waals surface area contributed by atoms with Gasteiger partial charge in [0.25, 0.3) is 5.91 Å². The van der Waals surface area contributed by atoms with Crippen LogP contribution in [0.5, 0.6) is 0 Å².